The zero-order valence-electron chi connectivity index (χ0n) is 12.7. The average Bonchev–Trinajstić information content (AvgIpc) is 2.89. The SMILES string of the molecule is Cc1cc2c(N(CCCN)C3CCCCC3)ncnc2s1. The molecule has 0 amide bonds. The first-order chi connectivity index (χ1) is 10.3. The number of aryl methyl sites for hydroxylation is 1. The Morgan fingerprint density at radius 2 is 2.10 bits per heavy atom. The van der Waals surface area contributed by atoms with Crippen molar-refractivity contribution in [1.82, 2.24) is 9.97 Å². The van der Waals surface area contributed by atoms with E-state index in [0.717, 1.165) is 30.2 Å². The van der Waals surface area contributed by atoms with Gasteiger partial charge in [0.05, 0.1) is 5.39 Å². The van der Waals surface area contributed by atoms with Crippen molar-refractivity contribution < 1.29 is 0 Å². The van der Waals surface area contributed by atoms with Crippen LogP contribution in [-0.2, 0) is 0 Å². The molecule has 0 aliphatic heterocycles. The highest BCUT2D eigenvalue weighted by atomic mass is 32.1. The minimum absolute atomic E-state index is 0.614. The zero-order chi connectivity index (χ0) is 14.7. The molecule has 114 valence electrons. The molecule has 1 saturated carbocycles. The lowest BCUT2D eigenvalue weighted by molar-refractivity contribution is 0.411. The standard InChI is InChI=1S/C16H24N4S/c1-12-10-14-15(18-11-19-16(14)21-12)20(9-5-8-17)13-6-3-2-4-7-13/h10-11,13H,2-9,17H2,1H3. The molecule has 21 heavy (non-hydrogen) atoms. The number of aromatic nitrogens is 2. The van der Waals surface area contributed by atoms with Gasteiger partial charge in [0.1, 0.15) is 17.0 Å². The minimum atomic E-state index is 0.614. The monoisotopic (exact) mass is 304 g/mol. The van der Waals surface area contributed by atoms with Crippen LogP contribution in [-0.4, -0.2) is 29.1 Å². The molecule has 1 aliphatic carbocycles. The number of hydrogen-bond donors (Lipinski definition) is 1. The average molecular weight is 304 g/mol. The Balaban J connectivity index is 1.96. The maximum absolute atomic E-state index is 5.74. The predicted octanol–water partition coefficient (Wildman–Crippen LogP) is 3.49. The summed E-state index contributed by atoms with van der Waals surface area (Å²) in [6.07, 6.45) is 9.33. The van der Waals surface area contributed by atoms with Gasteiger partial charge in [0.15, 0.2) is 0 Å². The minimum Gasteiger partial charge on any atom is -0.353 e. The second-order valence-electron chi connectivity index (χ2n) is 5.90. The lowest BCUT2D eigenvalue weighted by Gasteiger charge is -2.35. The Kier molecular flexibility index (Phi) is 4.70. The molecular formula is C16H24N4S. The van der Waals surface area contributed by atoms with Crippen molar-refractivity contribution in [3.05, 3.63) is 17.3 Å². The fourth-order valence-corrected chi connectivity index (χ4v) is 4.15. The number of anilines is 1. The van der Waals surface area contributed by atoms with E-state index in [-0.39, 0.29) is 0 Å². The third kappa shape index (κ3) is 3.19. The largest absolute Gasteiger partial charge is 0.353 e. The molecule has 0 bridgehead atoms. The van der Waals surface area contributed by atoms with Crippen molar-refractivity contribution in [2.45, 2.75) is 51.5 Å². The zero-order valence-corrected chi connectivity index (χ0v) is 13.5. The summed E-state index contributed by atoms with van der Waals surface area (Å²) in [5.74, 6) is 1.12. The van der Waals surface area contributed by atoms with Gasteiger partial charge in [0, 0.05) is 17.5 Å². The van der Waals surface area contributed by atoms with Gasteiger partial charge in [-0.15, -0.1) is 11.3 Å². The number of thiophene rings is 1. The highest BCUT2D eigenvalue weighted by Crippen LogP contribution is 2.33. The van der Waals surface area contributed by atoms with Crippen LogP contribution in [0.4, 0.5) is 5.82 Å². The first-order valence-electron chi connectivity index (χ1n) is 7.97. The van der Waals surface area contributed by atoms with Gasteiger partial charge in [-0.1, -0.05) is 19.3 Å². The van der Waals surface area contributed by atoms with Crippen molar-refractivity contribution in [3.63, 3.8) is 0 Å². The summed E-state index contributed by atoms with van der Waals surface area (Å²) in [6.45, 7) is 3.88. The van der Waals surface area contributed by atoms with Crippen molar-refractivity contribution in [1.29, 1.82) is 0 Å². The first-order valence-corrected chi connectivity index (χ1v) is 8.79. The van der Waals surface area contributed by atoms with E-state index in [1.54, 1.807) is 17.7 Å². The van der Waals surface area contributed by atoms with E-state index in [0.29, 0.717) is 6.04 Å². The maximum atomic E-state index is 5.74. The van der Waals surface area contributed by atoms with E-state index < -0.39 is 0 Å². The number of nitrogens with zero attached hydrogens (tertiary/aromatic N) is 3. The maximum Gasteiger partial charge on any atom is 0.141 e. The smallest absolute Gasteiger partial charge is 0.141 e. The molecule has 3 rings (SSSR count). The second kappa shape index (κ2) is 6.71. The molecule has 0 unspecified atom stereocenters. The van der Waals surface area contributed by atoms with E-state index in [1.165, 1.54) is 42.4 Å². The molecule has 4 nitrogen and oxygen atoms in total. The van der Waals surface area contributed by atoms with Gasteiger partial charge < -0.3 is 10.6 Å². The fourth-order valence-electron chi connectivity index (χ4n) is 3.31. The van der Waals surface area contributed by atoms with Gasteiger partial charge in [-0.25, -0.2) is 9.97 Å². The second-order valence-corrected chi connectivity index (χ2v) is 7.14. The highest BCUT2D eigenvalue weighted by molar-refractivity contribution is 7.18. The molecule has 0 atom stereocenters. The van der Waals surface area contributed by atoms with Crippen molar-refractivity contribution in [2.75, 3.05) is 18.0 Å². The van der Waals surface area contributed by atoms with E-state index in [9.17, 15) is 0 Å². The molecule has 0 radical (unpaired) electrons. The van der Waals surface area contributed by atoms with Gasteiger partial charge in [-0.2, -0.15) is 0 Å². The van der Waals surface area contributed by atoms with Gasteiger partial charge in [-0.3, -0.25) is 0 Å². The van der Waals surface area contributed by atoms with Gasteiger partial charge >= 0.3 is 0 Å². The van der Waals surface area contributed by atoms with E-state index in [2.05, 4.69) is 27.9 Å². The number of hydrogen-bond acceptors (Lipinski definition) is 5. The molecule has 5 heteroatoms. The molecule has 0 aromatic carbocycles. The molecule has 0 spiro atoms. The van der Waals surface area contributed by atoms with Crippen molar-refractivity contribution >= 4 is 27.4 Å². The van der Waals surface area contributed by atoms with Crippen LogP contribution in [0, 0.1) is 6.92 Å². The van der Waals surface area contributed by atoms with Crippen LogP contribution in [0.3, 0.4) is 0 Å². The quantitative estimate of drug-likeness (QED) is 0.918. The Bertz CT molecular complexity index is 589. The van der Waals surface area contributed by atoms with Crippen LogP contribution < -0.4 is 10.6 Å². The van der Waals surface area contributed by atoms with E-state index >= 15 is 0 Å². The third-order valence-electron chi connectivity index (χ3n) is 4.32. The van der Waals surface area contributed by atoms with Crippen LogP contribution in [0.15, 0.2) is 12.4 Å². The highest BCUT2D eigenvalue weighted by Gasteiger charge is 2.24. The van der Waals surface area contributed by atoms with E-state index in [4.69, 9.17) is 5.73 Å². The molecule has 1 aliphatic rings. The van der Waals surface area contributed by atoms with Gasteiger partial charge in [0.2, 0.25) is 0 Å². The first kappa shape index (κ1) is 14.7. The van der Waals surface area contributed by atoms with Crippen LogP contribution in [0.25, 0.3) is 10.2 Å². The van der Waals surface area contributed by atoms with E-state index in [1.807, 2.05) is 0 Å². The lowest BCUT2D eigenvalue weighted by atomic mass is 9.94. The summed E-state index contributed by atoms with van der Waals surface area (Å²) in [5.41, 5.74) is 5.74. The molecule has 1 fully saturated rings. The summed E-state index contributed by atoms with van der Waals surface area (Å²) in [7, 11) is 0. The number of fused-ring (bicyclic) bond motifs is 1. The predicted molar refractivity (Wildman–Crippen MR) is 90.0 cm³/mol. The normalized spacial score (nSPS) is 16.5. The Morgan fingerprint density at radius 1 is 1.29 bits per heavy atom. The molecule has 2 aromatic heterocycles. The number of nitrogens with two attached hydrogens (primary N) is 1. The molecule has 0 saturated heterocycles. The molecular weight excluding hydrogens is 280 g/mol. The molecule has 2 aromatic rings. The lowest BCUT2D eigenvalue weighted by Crippen LogP contribution is -2.39. The summed E-state index contributed by atoms with van der Waals surface area (Å²) >= 11 is 1.75. The van der Waals surface area contributed by atoms with Gasteiger partial charge in [0.25, 0.3) is 0 Å². The van der Waals surface area contributed by atoms with Crippen LogP contribution in [0.5, 0.6) is 0 Å². The number of rotatable bonds is 5. The summed E-state index contributed by atoms with van der Waals surface area (Å²) in [4.78, 5) is 14.0. The Hall–Kier alpha value is -1.20. The summed E-state index contributed by atoms with van der Waals surface area (Å²) in [5, 5.41) is 1.21. The van der Waals surface area contributed by atoms with Crippen LogP contribution in [0.1, 0.15) is 43.4 Å². The molecule has 2 heterocycles. The Morgan fingerprint density at radius 3 is 2.86 bits per heavy atom. The van der Waals surface area contributed by atoms with Crippen LogP contribution in [0.2, 0.25) is 0 Å². The summed E-state index contributed by atoms with van der Waals surface area (Å²) in [6, 6.07) is 2.84. The third-order valence-corrected chi connectivity index (χ3v) is 5.28. The van der Waals surface area contributed by atoms with Crippen LogP contribution >= 0.6 is 11.3 Å². The topological polar surface area (TPSA) is 55.0 Å². The van der Waals surface area contributed by atoms with Crippen molar-refractivity contribution in [3.8, 4) is 0 Å². The fraction of sp³-hybridized carbons (Fsp3) is 0.625. The van der Waals surface area contributed by atoms with Gasteiger partial charge in [-0.05, 0) is 38.8 Å². The Labute approximate surface area is 130 Å². The summed E-state index contributed by atoms with van der Waals surface area (Å²) < 4.78 is 0. The van der Waals surface area contributed by atoms with Crippen molar-refractivity contribution in [2.24, 2.45) is 5.73 Å². The molecule has 2 N–H and O–H groups in total.